The zero-order valence-corrected chi connectivity index (χ0v) is 19.9. The normalized spacial score (nSPS) is 17.5. The second kappa shape index (κ2) is 9.91. The number of amides is 1. The van der Waals surface area contributed by atoms with Gasteiger partial charge in [-0.25, -0.2) is 4.98 Å². The lowest BCUT2D eigenvalue weighted by Crippen LogP contribution is -2.49. The van der Waals surface area contributed by atoms with Gasteiger partial charge in [0.15, 0.2) is 0 Å². The molecule has 3 heterocycles. The topological polar surface area (TPSA) is 61.8 Å². The predicted molar refractivity (Wildman–Crippen MR) is 132 cm³/mol. The Morgan fingerprint density at radius 2 is 1.71 bits per heavy atom. The van der Waals surface area contributed by atoms with E-state index in [0.717, 1.165) is 31.7 Å². The number of nitrogens with zero attached hydrogens (tertiary/aromatic N) is 5. The Hall–Kier alpha value is -3.29. The van der Waals surface area contributed by atoms with Crippen LogP contribution in [0.25, 0.3) is 11.3 Å². The van der Waals surface area contributed by atoms with Crippen molar-refractivity contribution < 1.29 is 9.53 Å². The molecule has 5 rings (SSSR count). The maximum Gasteiger partial charge on any atom is 0.259 e. The zero-order chi connectivity index (χ0) is 23.5. The highest BCUT2D eigenvalue weighted by atomic mass is 16.5. The van der Waals surface area contributed by atoms with Crippen molar-refractivity contribution in [3.63, 3.8) is 0 Å². The first-order chi connectivity index (χ1) is 16.6. The molecule has 2 aromatic heterocycles. The molecule has 0 N–H and O–H groups in total. The fourth-order valence-corrected chi connectivity index (χ4v) is 4.95. The van der Waals surface area contributed by atoms with Crippen LogP contribution in [-0.2, 0) is 0 Å². The van der Waals surface area contributed by atoms with Crippen LogP contribution in [0.2, 0.25) is 0 Å². The molecule has 0 saturated carbocycles. The summed E-state index contributed by atoms with van der Waals surface area (Å²) in [6, 6.07) is 16.5. The van der Waals surface area contributed by atoms with Crippen LogP contribution in [0.4, 0.5) is 0 Å². The summed E-state index contributed by atoms with van der Waals surface area (Å²) in [4.78, 5) is 28.9. The quantitative estimate of drug-likeness (QED) is 0.507. The van der Waals surface area contributed by atoms with Gasteiger partial charge in [0.05, 0.1) is 18.3 Å². The van der Waals surface area contributed by atoms with Crippen molar-refractivity contribution in [2.24, 2.45) is 0 Å². The van der Waals surface area contributed by atoms with E-state index in [1.54, 1.807) is 12.3 Å². The van der Waals surface area contributed by atoms with Crippen molar-refractivity contribution in [2.45, 2.75) is 12.5 Å². The summed E-state index contributed by atoms with van der Waals surface area (Å²) in [5.41, 5.74) is 5.39. The van der Waals surface area contributed by atoms with Gasteiger partial charge in [-0.05, 0) is 44.3 Å². The molecule has 3 aromatic rings. The van der Waals surface area contributed by atoms with Crippen molar-refractivity contribution in [1.29, 1.82) is 0 Å². The monoisotopic (exact) mass is 457 g/mol. The van der Waals surface area contributed by atoms with Gasteiger partial charge in [-0.15, -0.1) is 0 Å². The average Bonchev–Trinajstić information content (AvgIpc) is 3.21. The highest BCUT2D eigenvalue weighted by molar-refractivity contribution is 5.96. The number of piperazine rings is 1. The van der Waals surface area contributed by atoms with Crippen molar-refractivity contribution in [1.82, 2.24) is 24.7 Å². The van der Waals surface area contributed by atoms with E-state index in [1.807, 2.05) is 37.3 Å². The van der Waals surface area contributed by atoms with Crippen molar-refractivity contribution >= 4 is 5.91 Å². The van der Waals surface area contributed by atoms with Crippen LogP contribution in [0.1, 0.15) is 33.9 Å². The number of fused-ring (bicyclic) bond motifs is 3. The molecule has 0 bridgehead atoms. The van der Waals surface area contributed by atoms with Gasteiger partial charge in [-0.2, -0.15) is 0 Å². The Morgan fingerprint density at radius 3 is 2.53 bits per heavy atom. The van der Waals surface area contributed by atoms with Gasteiger partial charge in [0, 0.05) is 56.2 Å². The van der Waals surface area contributed by atoms with Gasteiger partial charge in [-0.3, -0.25) is 14.7 Å². The largest absolute Gasteiger partial charge is 0.477 e. The number of aromatic nitrogens is 2. The number of carbonyl (C=O) groups excluding carboxylic acids is 1. The summed E-state index contributed by atoms with van der Waals surface area (Å²) >= 11 is 0. The fourth-order valence-electron chi connectivity index (χ4n) is 4.95. The van der Waals surface area contributed by atoms with E-state index in [2.05, 4.69) is 50.1 Å². The second-order valence-electron chi connectivity index (χ2n) is 9.12. The molecule has 0 spiro atoms. The van der Waals surface area contributed by atoms with Crippen LogP contribution < -0.4 is 4.74 Å². The molecule has 1 aliphatic carbocycles. The molecular formula is C27H31N5O2. The Kier molecular flexibility index (Phi) is 6.56. The fraction of sp³-hybridized carbons (Fsp3) is 0.370. The zero-order valence-electron chi connectivity index (χ0n) is 19.9. The summed E-state index contributed by atoms with van der Waals surface area (Å²) in [5, 5.41) is 0. The van der Waals surface area contributed by atoms with Gasteiger partial charge in [0.1, 0.15) is 5.56 Å². The first kappa shape index (κ1) is 22.5. The first-order valence-corrected chi connectivity index (χ1v) is 11.9. The van der Waals surface area contributed by atoms with Gasteiger partial charge >= 0.3 is 0 Å². The second-order valence-corrected chi connectivity index (χ2v) is 9.12. The van der Waals surface area contributed by atoms with Crippen LogP contribution >= 0.6 is 0 Å². The summed E-state index contributed by atoms with van der Waals surface area (Å²) in [6.45, 7) is 4.42. The Morgan fingerprint density at radius 1 is 0.971 bits per heavy atom. The molecule has 34 heavy (non-hydrogen) atoms. The third-order valence-corrected chi connectivity index (χ3v) is 6.60. The predicted octanol–water partition coefficient (Wildman–Crippen LogP) is 3.33. The van der Waals surface area contributed by atoms with Crippen molar-refractivity contribution in [3.8, 4) is 17.1 Å². The van der Waals surface area contributed by atoms with Crippen LogP contribution in [0.15, 0.2) is 60.9 Å². The maximum atomic E-state index is 13.4. The molecule has 7 heteroatoms. The number of carbonyl (C=O) groups is 1. The van der Waals surface area contributed by atoms with Gasteiger partial charge in [0.25, 0.3) is 5.91 Å². The number of rotatable bonds is 7. The van der Waals surface area contributed by atoms with E-state index in [9.17, 15) is 4.79 Å². The molecule has 2 aliphatic rings. The summed E-state index contributed by atoms with van der Waals surface area (Å²) in [5.74, 6) is 0.419. The van der Waals surface area contributed by atoms with E-state index in [1.165, 1.54) is 16.7 Å². The molecule has 1 saturated heterocycles. The Balaban J connectivity index is 1.27. The minimum atomic E-state index is -0.00996. The summed E-state index contributed by atoms with van der Waals surface area (Å²) < 4.78 is 5.88. The van der Waals surface area contributed by atoms with Crippen molar-refractivity contribution in [2.75, 3.05) is 53.4 Å². The van der Waals surface area contributed by atoms with E-state index in [0.29, 0.717) is 31.1 Å². The average molecular weight is 458 g/mol. The van der Waals surface area contributed by atoms with Gasteiger partial charge < -0.3 is 14.5 Å². The minimum Gasteiger partial charge on any atom is -0.477 e. The minimum absolute atomic E-state index is 0.00996. The Bertz CT molecular complexity index is 1110. The van der Waals surface area contributed by atoms with Crippen LogP contribution in [0.3, 0.4) is 0 Å². The highest BCUT2D eigenvalue weighted by Crippen LogP contribution is 2.45. The highest BCUT2D eigenvalue weighted by Gasteiger charge is 2.36. The lowest BCUT2D eigenvalue weighted by atomic mass is 10.0. The third kappa shape index (κ3) is 4.41. The maximum absolute atomic E-state index is 13.4. The van der Waals surface area contributed by atoms with Gasteiger partial charge in [-0.1, -0.05) is 30.3 Å². The lowest BCUT2D eigenvalue weighted by Gasteiger charge is -2.38. The van der Waals surface area contributed by atoms with Crippen LogP contribution in [0.5, 0.6) is 5.88 Å². The lowest BCUT2D eigenvalue weighted by molar-refractivity contribution is 0.0595. The first-order valence-electron chi connectivity index (χ1n) is 11.9. The summed E-state index contributed by atoms with van der Waals surface area (Å²) in [7, 11) is 4.07. The number of benzene rings is 1. The standard InChI is InChI=1S/C27H31N5O2/c1-30(2)14-7-19-34-26-23(11-6-13-29-26)27(33)32-17-15-31(16-18-32)25-21-9-4-3-8-20(21)24-22(25)10-5-12-28-24/h3-6,8-13,25H,7,14-19H2,1-2H3. The molecule has 176 valence electrons. The molecule has 1 atom stereocenters. The van der Waals surface area contributed by atoms with Crippen LogP contribution in [-0.4, -0.2) is 84.0 Å². The molecular weight excluding hydrogens is 426 g/mol. The number of pyridine rings is 2. The molecule has 7 nitrogen and oxygen atoms in total. The molecule has 1 amide bonds. The van der Waals surface area contributed by atoms with Gasteiger partial charge in [0.2, 0.25) is 5.88 Å². The molecule has 0 radical (unpaired) electrons. The van der Waals surface area contributed by atoms with Crippen molar-refractivity contribution in [3.05, 3.63) is 77.6 Å². The van der Waals surface area contributed by atoms with Crippen LogP contribution in [0, 0.1) is 0 Å². The Labute approximate surface area is 201 Å². The number of ether oxygens (including phenoxy) is 1. The molecule has 1 unspecified atom stereocenters. The van der Waals surface area contributed by atoms with E-state index in [-0.39, 0.29) is 11.9 Å². The number of hydrogen-bond donors (Lipinski definition) is 0. The SMILES string of the molecule is CN(C)CCCOc1ncccc1C(=O)N1CCN(C2c3ccccc3-c3ncccc32)CC1. The summed E-state index contributed by atoms with van der Waals surface area (Å²) in [6.07, 6.45) is 4.43. The molecule has 1 fully saturated rings. The third-order valence-electron chi connectivity index (χ3n) is 6.60. The number of hydrogen-bond acceptors (Lipinski definition) is 6. The molecule has 1 aliphatic heterocycles. The van der Waals surface area contributed by atoms with E-state index < -0.39 is 0 Å². The van der Waals surface area contributed by atoms with E-state index in [4.69, 9.17) is 4.74 Å². The van der Waals surface area contributed by atoms with E-state index >= 15 is 0 Å². The molecule has 1 aromatic carbocycles. The smallest absolute Gasteiger partial charge is 0.259 e.